The highest BCUT2D eigenvalue weighted by Crippen LogP contribution is 2.15. The molecule has 23 heavy (non-hydrogen) atoms. The van der Waals surface area contributed by atoms with Crippen LogP contribution < -0.4 is 5.32 Å². The Labute approximate surface area is 145 Å². The molecule has 3 aromatic rings. The van der Waals surface area contributed by atoms with Gasteiger partial charge in [0.15, 0.2) is 18.6 Å². The molecule has 0 aliphatic rings. The Morgan fingerprint density at radius 3 is 2.74 bits per heavy atom. The number of aromatic nitrogens is 1. The van der Waals surface area contributed by atoms with E-state index in [2.05, 4.69) is 32.9 Å². The maximum Gasteiger partial charge on any atom is 0.338 e. The van der Waals surface area contributed by atoms with E-state index in [0.717, 1.165) is 3.57 Å². The van der Waals surface area contributed by atoms with Gasteiger partial charge in [0.05, 0.1) is 5.56 Å². The van der Waals surface area contributed by atoms with Crippen LogP contribution in [0.15, 0.2) is 53.3 Å². The van der Waals surface area contributed by atoms with Gasteiger partial charge in [-0.1, -0.05) is 0 Å². The molecule has 0 aliphatic carbocycles. The van der Waals surface area contributed by atoms with E-state index < -0.39 is 11.9 Å². The van der Waals surface area contributed by atoms with Gasteiger partial charge in [-0.25, -0.2) is 9.78 Å². The van der Waals surface area contributed by atoms with Crippen LogP contribution in [0.1, 0.15) is 10.4 Å². The third kappa shape index (κ3) is 3.86. The van der Waals surface area contributed by atoms with Crippen molar-refractivity contribution in [1.82, 2.24) is 4.98 Å². The number of anilines is 1. The predicted molar refractivity (Wildman–Crippen MR) is 92.1 cm³/mol. The minimum Gasteiger partial charge on any atom is -0.452 e. The first-order valence-electron chi connectivity index (χ1n) is 6.67. The van der Waals surface area contributed by atoms with Crippen LogP contribution in [-0.2, 0) is 9.53 Å². The molecule has 0 saturated heterocycles. The molecule has 0 aliphatic heterocycles. The lowest BCUT2D eigenvalue weighted by atomic mass is 10.2. The number of amides is 1. The highest BCUT2D eigenvalue weighted by Gasteiger charge is 2.12. The normalized spacial score (nSPS) is 10.5. The van der Waals surface area contributed by atoms with Crippen molar-refractivity contribution in [2.75, 3.05) is 11.9 Å². The number of benzene rings is 2. The van der Waals surface area contributed by atoms with E-state index in [0.29, 0.717) is 22.4 Å². The van der Waals surface area contributed by atoms with Gasteiger partial charge in [0, 0.05) is 9.26 Å². The van der Waals surface area contributed by atoms with Crippen molar-refractivity contribution >= 4 is 51.3 Å². The Morgan fingerprint density at radius 1 is 1.17 bits per heavy atom. The Morgan fingerprint density at radius 2 is 1.96 bits per heavy atom. The number of hydrogen-bond donors (Lipinski definition) is 1. The number of nitrogens with one attached hydrogen (secondary N) is 1. The van der Waals surface area contributed by atoms with Crippen molar-refractivity contribution in [3.05, 3.63) is 58.0 Å². The number of nitrogens with zero attached hydrogens (tertiary/aromatic N) is 1. The second-order valence-corrected chi connectivity index (χ2v) is 5.91. The zero-order chi connectivity index (χ0) is 16.2. The van der Waals surface area contributed by atoms with Crippen LogP contribution in [0.2, 0.25) is 0 Å². The van der Waals surface area contributed by atoms with Gasteiger partial charge in [0.25, 0.3) is 5.91 Å². The molecule has 1 amide bonds. The summed E-state index contributed by atoms with van der Waals surface area (Å²) < 4.78 is 11.2. The summed E-state index contributed by atoms with van der Waals surface area (Å²) in [6.45, 7) is -0.362. The van der Waals surface area contributed by atoms with Crippen LogP contribution in [0.25, 0.3) is 11.1 Å². The van der Waals surface area contributed by atoms with Crippen LogP contribution in [0.5, 0.6) is 0 Å². The van der Waals surface area contributed by atoms with Crippen LogP contribution in [0.3, 0.4) is 0 Å². The molecule has 0 radical (unpaired) electrons. The number of oxazole rings is 1. The molecule has 0 fully saturated rings. The maximum absolute atomic E-state index is 11.9. The molecule has 1 aromatic heterocycles. The van der Waals surface area contributed by atoms with E-state index in [-0.39, 0.29) is 6.61 Å². The molecule has 0 saturated carbocycles. The van der Waals surface area contributed by atoms with Crippen LogP contribution in [0, 0.1) is 3.57 Å². The van der Waals surface area contributed by atoms with Crippen molar-refractivity contribution in [1.29, 1.82) is 0 Å². The molecular formula is C16H11IN2O4. The van der Waals surface area contributed by atoms with E-state index in [1.165, 1.54) is 12.5 Å². The average Bonchev–Trinajstić information content (AvgIpc) is 3.02. The molecule has 0 unspecified atom stereocenters. The third-order valence-electron chi connectivity index (χ3n) is 3.03. The first-order valence-corrected chi connectivity index (χ1v) is 7.75. The van der Waals surface area contributed by atoms with Gasteiger partial charge >= 0.3 is 5.97 Å². The Kier molecular flexibility index (Phi) is 4.56. The summed E-state index contributed by atoms with van der Waals surface area (Å²) in [6.07, 6.45) is 1.30. The van der Waals surface area contributed by atoms with Gasteiger partial charge in [-0.15, -0.1) is 0 Å². The van der Waals surface area contributed by atoms with E-state index in [1.807, 2.05) is 12.1 Å². The number of carbonyl (C=O) groups is 2. The second kappa shape index (κ2) is 6.78. The third-order valence-corrected chi connectivity index (χ3v) is 3.75. The van der Waals surface area contributed by atoms with Crippen molar-refractivity contribution in [2.45, 2.75) is 0 Å². The van der Waals surface area contributed by atoms with E-state index >= 15 is 0 Å². The summed E-state index contributed by atoms with van der Waals surface area (Å²) in [4.78, 5) is 27.7. The van der Waals surface area contributed by atoms with Crippen molar-refractivity contribution in [3.63, 3.8) is 0 Å². The summed E-state index contributed by atoms with van der Waals surface area (Å²) in [7, 11) is 0. The minimum atomic E-state index is -0.596. The number of halogens is 1. The first-order chi connectivity index (χ1) is 11.1. The molecule has 2 aromatic carbocycles. The van der Waals surface area contributed by atoms with Gasteiger partial charge in [0.1, 0.15) is 5.52 Å². The highest BCUT2D eigenvalue weighted by atomic mass is 127. The largest absolute Gasteiger partial charge is 0.452 e. The summed E-state index contributed by atoms with van der Waals surface area (Å²) in [5.74, 6) is -0.999. The van der Waals surface area contributed by atoms with Crippen molar-refractivity contribution in [2.24, 2.45) is 0 Å². The Balaban J connectivity index is 1.57. The van der Waals surface area contributed by atoms with Crippen LogP contribution in [-0.4, -0.2) is 23.5 Å². The molecule has 0 atom stereocenters. The van der Waals surface area contributed by atoms with Crippen molar-refractivity contribution in [3.8, 4) is 0 Å². The van der Waals surface area contributed by atoms with Crippen LogP contribution >= 0.6 is 22.6 Å². The topological polar surface area (TPSA) is 81.4 Å². The summed E-state index contributed by atoms with van der Waals surface area (Å²) in [5.41, 5.74) is 2.09. The van der Waals surface area contributed by atoms with Gasteiger partial charge in [-0.3, -0.25) is 4.79 Å². The molecule has 116 valence electrons. The molecule has 7 heteroatoms. The molecule has 1 N–H and O–H groups in total. The monoisotopic (exact) mass is 422 g/mol. The minimum absolute atomic E-state index is 0.302. The molecule has 6 nitrogen and oxygen atoms in total. The van der Waals surface area contributed by atoms with Gasteiger partial charge in [-0.2, -0.15) is 0 Å². The molecule has 3 rings (SSSR count). The summed E-state index contributed by atoms with van der Waals surface area (Å²) in [5, 5.41) is 2.65. The van der Waals surface area contributed by atoms with E-state index in [9.17, 15) is 9.59 Å². The Bertz CT molecular complexity index is 858. The zero-order valence-electron chi connectivity index (χ0n) is 11.8. The molecule has 0 spiro atoms. The lowest BCUT2D eigenvalue weighted by Gasteiger charge is -2.06. The summed E-state index contributed by atoms with van der Waals surface area (Å²) in [6, 6.07) is 12.1. The molecular weight excluding hydrogens is 411 g/mol. The van der Waals surface area contributed by atoms with Crippen LogP contribution in [0.4, 0.5) is 5.69 Å². The lowest BCUT2D eigenvalue weighted by Crippen LogP contribution is -2.20. The van der Waals surface area contributed by atoms with Gasteiger partial charge < -0.3 is 14.5 Å². The average molecular weight is 422 g/mol. The highest BCUT2D eigenvalue weighted by molar-refractivity contribution is 14.1. The fourth-order valence-electron chi connectivity index (χ4n) is 1.93. The van der Waals surface area contributed by atoms with Crippen molar-refractivity contribution < 1.29 is 18.7 Å². The quantitative estimate of drug-likeness (QED) is 0.516. The number of esters is 1. The number of fused-ring (bicyclic) bond motifs is 1. The first kappa shape index (κ1) is 15.5. The SMILES string of the molecule is O=C(COC(=O)c1ccc2ncoc2c1)Nc1ccc(I)cc1. The lowest BCUT2D eigenvalue weighted by molar-refractivity contribution is -0.119. The molecule has 0 bridgehead atoms. The maximum atomic E-state index is 11.9. The predicted octanol–water partition coefficient (Wildman–Crippen LogP) is 3.23. The van der Waals surface area contributed by atoms with E-state index in [1.54, 1.807) is 24.3 Å². The number of carbonyl (C=O) groups excluding carboxylic acids is 2. The van der Waals surface area contributed by atoms with Gasteiger partial charge in [-0.05, 0) is 65.1 Å². The van der Waals surface area contributed by atoms with Gasteiger partial charge in [0.2, 0.25) is 0 Å². The number of rotatable bonds is 4. The standard InChI is InChI=1S/C16H11IN2O4/c17-11-2-4-12(5-3-11)19-15(20)8-22-16(21)10-1-6-13-14(7-10)23-9-18-13/h1-7,9H,8H2,(H,19,20). The Hall–Kier alpha value is -2.42. The van der Waals surface area contributed by atoms with E-state index in [4.69, 9.17) is 9.15 Å². The fraction of sp³-hybridized carbons (Fsp3) is 0.0625. The number of hydrogen-bond acceptors (Lipinski definition) is 5. The zero-order valence-corrected chi connectivity index (χ0v) is 13.9. The second-order valence-electron chi connectivity index (χ2n) is 4.67. The smallest absolute Gasteiger partial charge is 0.338 e. The fourth-order valence-corrected chi connectivity index (χ4v) is 2.29. The summed E-state index contributed by atoms with van der Waals surface area (Å²) >= 11 is 2.17. The number of ether oxygens (including phenoxy) is 1. The molecule has 1 heterocycles.